The molecule has 1 aromatic rings. The summed E-state index contributed by atoms with van der Waals surface area (Å²) in [5.74, 6) is -1.52. The summed E-state index contributed by atoms with van der Waals surface area (Å²) in [6, 6.07) is 2.81. The van der Waals surface area contributed by atoms with E-state index in [0.717, 1.165) is 6.07 Å². The molecule has 0 saturated carbocycles. The predicted molar refractivity (Wildman–Crippen MR) is 70.7 cm³/mol. The molecule has 19 heavy (non-hydrogen) atoms. The van der Waals surface area contributed by atoms with E-state index in [0.29, 0.717) is 6.54 Å². The van der Waals surface area contributed by atoms with Gasteiger partial charge in [0.1, 0.15) is 11.6 Å². The molecule has 1 amide bonds. The van der Waals surface area contributed by atoms with Crippen molar-refractivity contribution in [1.29, 1.82) is 0 Å². The Bertz CT molecular complexity index is 461. The van der Waals surface area contributed by atoms with Crippen molar-refractivity contribution >= 4 is 5.91 Å². The third-order valence-corrected chi connectivity index (χ3v) is 2.96. The second kappa shape index (κ2) is 6.10. The van der Waals surface area contributed by atoms with E-state index in [-0.39, 0.29) is 11.5 Å². The third kappa shape index (κ3) is 3.99. The molecule has 0 saturated heterocycles. The number of hydrogen-bond donors (Lipinski definition) is 2. The minimum Gasteiger partial charge on any atom is -0.348 e. The van der Waals surface area contributed by atoms with Crippen LogP contribution in [0, 0.1) is 11.6 Å². The Morgan fingerprint density at radius 3 is 2.53 bits per heavy atom. The number of amides is 1. The molecule has 106 valence electrons. The number of nitrogens with one attached hydrogen (secondary N) is 2. The fraction of sp³-hybridized carbons (Fsp3) is 0.500. The maximum Gasteiger partial charge on any atom is 0.240 e. The first kappa shape index (κ1) is 15.6. The van der Waals surface area contributed by atoms with Crippen LogP contribution in [0.4, 0.5) is 8.78 Å². The molecule has 0 radical (unpaired) electrons. The number of halogens is 2. The lowest BCUT2D eigenvalue weighted by Gasteiger charge is -2.27. The average molecular weight is 270 g/mol. The summed E-state index contributed by atoms with van der Waals surface area (Å²) in [4.78, 5) is 12.0. The molecule has 0 aliphatic heterocycles. The Labute approximate surface area is 112 Å². The molecule has 1 aromatic carbocycles. The van der Waals surface area contributed by atoms with Crippen LogP contribution in [0.2, 0.25) is 0 Å². The molecule has 0 aromatic heterocycles. The lowest BCUT2D eigenvalue weighted by atomic mass is 10.0. The maximum atomic E-state index is 13.6. The standard InChI is InChI=1S/C14H20F2N2O/c1-5-17-14(3,4)13(19)18-9(2)11-7-6-10(15)8-12(11)16/h6-9,17H,5H2,1-4H3,(H,18,19). The molecule has 5 heteroatoms. The van der Waals surface area contributed by atoms with Gasteiger partial charge in [-0.2, -0.15) is 0 Å². The van der Waals surface area contributed by atoms with Crippen LogP contribution in [0.25, 0.3) is 0 Å². The number of likely N-dealkylation sites (N-methyl/N-ethyl adjacent to an activating group) is 1. The highest BCUT2D eigenvalue weighted by molar-refractivity contribution is 5.85. The Morgan fingerprint density at radius 2 is 2.00 bits per heavy atom. The minimum absolute atomic E-state index is 0.231. The van der Waals surface area contributed by atoms with E-state index in [9.17, 15) is 13.6 Å². The van der Waals surface area contributed by atoms with Gasteiger partial charge in [0, 0.05) is 11.6 Å². The summed E-state index contributed by atoms with van der Waals surface area (Å²) in [5.41, 5.74) is -0.471. The van der Waals surface area contributed by atoms with Gasteiger partial charge in [0.05, 0.1) is 11.6 Å². The lowest BCUT2D eigenvalue weighted by Crippen LogP contribution is -2.53. The van der Waals surface area contributed by atoms with Gasteiger partial charge >= 0.3 is 0 Å². The molecule has 0 aliphatic carbocycles. The third-order valence-electron chi connectivity index (χ3n) is 2.96. The molecule has 3 nitrogen and oxygen atoms in total. The smallest absolute Gasteiger partial charge is 0.240 e. The maximum absolute atomic E-state index is 13.6. The van der Waals surface area contributed by atoms with Gasteiger partial charge in [-0.25, -0.2) is 8.78 Å². The minimum atomic E-state index is -0.737. The molecule has 0 heterocycles. The van der Waals surface area contributed by atoms with Gasteiger partial charge in [-0.05, 0) is 33.4 Å². The van der Waals surface area contributed by atoms with Gasteiger partial charge in [-0.15, -0.1) is 0 Å². The number of carbonyl (C=O) groups excluding carboxylic acids is 1. The van der Waals surface area contributed by atoms with Crippen LogP contribution < -0.4 is 10.6 Å². The summed E-state index contributed by atoms with van der Waals surface area (Å²) in [5, 5.41) is 5.75. The van der Waals surface area contributed by atoms with Gasteiger partial charge in [-0.1, -0.05) is 13.0 Å². The number of hydrogen-bond acceptors (Lipinski definition) is 2. The van der Waals surface area contributed by atoms with Gasteiger partial charge in [-0.3, -0.25) is 4.79 Å². The van der Waals surface area contributed by atoms with Crippen LogP contribution in [0.3, 0.4) is 0 Å². The zero-order valence-corrected chi connectivity index (χ0v) is 11.7. The van der Waals surface area contributed by atoms with Crippen molar-refractivity contribution in [2.75, 3.05) is 6.54 Å². The molecule has 0 aliphatic rings. The molecular weight excluding hydrogens is 250 g/mol. The Balaban J connectivity index is 2.79. The Kier molecular flexibility index (Phi) is 5.00. The number of benzene rings is 1. The van der Waals surface area contributed by atoms with E-state index in [4.69, 9.17) is 0 Å². The van der Waals surface area contributed by atoms with Gasteiger partial charge in [0.2, 0.25) is 5.91 Å². The van der Waals surface area contributed by atoms with Crippen LogP contribution in [0.1, 0.15) is 39.3 Å². The molecule has 1 unspecified atom stereocenters. The normalized spacial score (nSPS) is 13.2. The highest BCUT2D eigenvalue weighted by Gasteiger charge is 2.27. The zero-order chi connectivity index (χ0) is 14.6. The monoisotopic (exact) mass is 270 g/mol. The van der Waals surface area contributed by atoms with Crippen LogP contribution in [-0.4, -0.2) is 18.0 Å². The molecule has 2 N–H and O–H groups in total. The van der Waals surface area contributed by atoms with Crippen molar-refractivity contribution < 1.29 is 13.6 Å². The van der Waals surface area contributed by atoms with Crippen LogP contribution in [-0.2, 0) is 4.79 Å². The first-order chi connectivity index (χ1) is 8.77. The number of rotatable bonds is 5. The Morgan fingerprint density at radius 1 is 1.37 bits per heavy atom. The summed E-state index contributed by atoms with van der Waals surface area (Å²) < 4.78 is 26.4. The summed E-state index contributed by atoms with van der Waals surface area (Å²) in [6.45, 7) is 7.72. The number of carbonyl (C=O) groups is 1. The van der Waals surface area contributed by atoms with E-state index >= 15 is 0 Å². The quantitative estimate of drug-likeness (QED) is 0.863. The van der Waals surface area contributed by atoms with Crippen LogP contribution in [0.15, 0.2) is 18.2 Å². The first-order valence-electron chi connectivity index (χ1n) is 6.29. The van der Waals surface area contributed by atoms with Crippen molar-refractivity contribution in [1.82, 2.24) is 10.6 Å². The van der Waals surface area contributed by atoms with Crippen molar-refractivity contribution in [3.63, 3.8) is 0 Å². The van der Waals surface area contributed by atoms with E-state index in [1.807, 2.05) is 6.92 Å². The van der Waals surface area contributed by atoms with Crippen molar-refractivity contribution in [3.8, 4) is 0 Å². The van der Waals surface area contributed by atoms with Crippen LogP contribution in [0.5, 0.6) is 0 Å². The molecule has 0 spiro atoms. The molecular formula is C14H20F2N2O. The Hall–Kier alpha value is -1.49. The topological polar surface area (TPSA) is 41.1 Å². The zero-order valence-electron chi connectivity index (χ0n) is 11.7. The van der Waals surface area contributed by atoms with E-state index in [1.54, 1.807) is 20.8 Å². The highest BCUT2D eigenvalue weighted by Crippen LogP contribution is 2.18. The molecule has 1 atom stereocenters. The van der Waals surface area contributed by atoms with E-state index in [1.165, 1.54) is 12.1 Å². The molecule has 1 rings (SSSR count). The summed E-state index contributed by atoms with van der Waals surface area (Å²) in [6.07, 6.45) is 0. The molecule has 0 bridgehead atoms. The van der Waals surface area contributed by atoms with Crippen molar-refractivity contribution in [3.05, 3.63) is 35.4 Å². The SMILES string of the molecule is CCNC(C)(C)C(=O)NC(C)c1ccc(F)cc1F. The van der Waals surface area contributed by atoms with Gasteiger partial charge in [0.15, 0.2) is 0 Å². The predicted octanol–water partition coefficient (Wildman–Crippen LogP) is 2.53. The van der Waals surface area contributed by atoms with Crippen molar-refractivity contribution in [2.24, 2.45) is 0 Å². The van der Waals surface area contributed by atoms with E-state index in [2.05, 4.69) is 10.6 Å². The fourth-order valence-electron chi connectivity index (χ4n) is 1.83. The van der Waals surface area contributed by atoms with Gasteiger partial charge in [0.25, 0.3) is 0 Å². The molecule has 0 fully saturated rings. The highest BCUT2D eigenvalue weighted by atomic mass is 19.1. The lowest BCUT2D eigenvalue weighted by molar-refractivity contribution is -0.127. The van der Waals surface area contributed by atoms with Crippen LogP contribution >= 0.6 is 0 Å². The van der Waals surface area contributed by atoms with E-state index < -0.39 is 23.2 Å². The largest absolute Gasteiger partial charge is 0.348 e. The summed E-state index contributed by atoms with van der Waals surface area (Å²) in [7, 11) is 0. The first-order valence-corrected chi connectivity index (χ1v) is 6.29. The van der Waals surface area contributed by atoms with Gasteiger partial charge < -0.3 is 10.6 Å². The second-order valence-corrected chi connectivity index (χ2v) is 5.02. The second-order valence-electron chi connectivity index (χ2n) is 5.02. The van der Waals surface area contributed by atoms with Crippen molar-refractivity contribution in [2.45, 2.75) is 39.3 Å². The average Bonchev–Trinajstić information content (AvgIpc) is 2.28. The fourth-order valence-corrected chi connectivity index (χ4v) is 1.83. The summed E-state index contributed by atoms with van der Waals surface area (Å²) >= 11 is 0.